The van der Waals surface area contributed by atoms with Gasteiger partial charge in [-0.15, -0.1) is 0 Å². The minimum absolute atomic E-state index is 0.127. The van der Waals surface area contributed by atoms with Gasteiger partial charge in [0.25, 0.3) is 5.91 Å². The second kappa shape index (κ2) is 16.0. The molecule has 2 unspecified atom stereocenters. The quantitative estimate of drug-likeness (QED) is 0.0541. The lowest BCUT2D eigenvalue weighted by Crippen LogP contribution is -2.47. The maximum absolute atomic E-state index is 12.9. The second-order valence-corrected chi connectivity index (χ2v) is 9.90. The highest BCUT2D eigenvalue weighted by molar-refractivity contribution is 7.54. The van der Waals surface area contributed by atoms with Gasteiger partial charge in [-0.25, -0.2) is 5.06 Å². The van der Waals surface area contributed by atoms with Crippen molar-refractivity contribution in [2.45, 2.75) is 58.9 Å². The molecule has 0 aromatic heterocycles. The van der Waals surface area contributed by atoms with Crippen molar-refractivity contribution in [1.82, 2.24) is 15.7 Å². The van der Waals surface area contributed by atoms with Crippen molar-refractivity contribution in [3.63, 3.8) is 0 Å². The number of hydrogen-bond acceptors (Lipinski definition) is 7. The first-order chi connectivity index (χ1) is 18.2. The summed E-state index contributed by atoms with van der Waals surface area (Å²) in [6.07, 6.45) is 3.88. The van der Waals surface area contributed by atoms with Crippen LogP contribution in [0.2, 0.25) is 0 Å². The van der Waals surface area contributed by atoms with E-state index in [0.717, 1.165) is 19.3 Å². The molecule has 0 spiro atoms. The van der Waals surface area contributed by atoms with Crippen molar-refractivity contribution >= 4 is 31.9 Å². The van der Waals surface area contributed by atoms with Crippen molar-refractivity contribution in [2.24, 2.45) is 5.92 Å². The normalized spacial score (nSPS) is 12.5. The van der Waals surface area contributed by atoms with Gasteiger partial charge in [0.05, 0.1) is 25.2 Å². The summed E-state index contributed by atoms with van der Waals surface area (Å²) in [6.45, 7) is 5.95. The van der Waals surface area contributed by atoms with Crippen LogP contribution >= 0.6 is 8.38 Å². The molecule has 0 heterocycles. The third-order valence-electron chi connectivity index (χ3n) is 6.19. The average Bonchev–Trinajstić information content (AvgIpc) is 2.92. The molecule has 0 fully saturated rings. The molecule has 0 saturated heterocycles. The van der Waals surface area contributed by atoms with Gasteiger partial charge in [-0.1, -0.05) is 45.2 Å². The van der Waals surface area contributed by atoms with Crippen LogP contribution in [0.4, 0.5) is 0 Å². The number of ether oxygens (including phenoxy) is 1. The van der Waals surface area contributed by atoms with E-state index in [1.54, 1.807) is 49.4 Å². The molecule has 11 heteroatoms. The number of carbonyl (C=O) groups excluding carboxylic acids is 3. The van der Waals surface area contributed by atoms with Gasteiger partial charge in [-0.05, 0) is 61.2 Å². The first-order valence-electron chi connectivity index (χ1n) is 12.8. The highest BCUT2D eigenvalue weighted by Gasteiger charge is 2.30. The van der Waals surface area contributed by atoms with Crippen LogP contribution in [-0.2, 0) is 9.59 Å². The fourth-order valence-electron chi connectivity index (χ4n) is 4.25. The van der Waals surface area contributed by atoms with E-state index in [1.165, 1.54) is 0 Å². The number of hydroxylamine groups is 2. The molecule has 0 aliphatic carbocycles. The van der Waals surface area contributed by atoms with E-state index in [4.69, 9.17) is 4.74 Å². The zero-order valence-corrected chi connectivity index (χ0v) is 23.0. The maximum atomic E-state index is 12.9. The number of rotatable bonds is 16. The Morgan fingerprint density at radius 3 is 2.45 bits per heavy atom. The smallest absolute Gasteiger partial charge is 0.252 e. The van der Waals surface area contributed by atoms with Crippen molar-refractivity contribution in [3.8, 4) is 16.9 Å². The number of unbranched alkanes of at least 4 members (excludes halogenated alkanes) is 2. The summed E-state index contributed by atoms with van der Waals surface area (Å²) in [5.74, 6) is -0.890. The van der Waals surface area contributed by atoms with Gasteiger partial charge >= 0.3 is 0 Å². The highest BCUT2D eigenvalue weighted by atomic mass is 31.2. The molecule has 38 heavy (non-hydrogen) atoms. The number of benzene rings is 2. The lowest BCUT2D eigenvalue weighted by molar-refractivity contribution is -0.168. The third kappa shape index (κ3) is 9.06. The van der Waals surface area contributed by atoms with E-state index in [1.807, 2.05) is 13.8 Å². The number of carbonyl (C=O) groups is 3. The summed E-state index contributed by atoms with van der Waals surface area (Å²) in [6, 6.07) is 11.1. The van der Waals surface area contributed by atoms with Gasteiger partial charge in [0.1, 0.15) is 5.75 Å². The Bertz CT molecular complexity index is 1070. The zero-order chi connectivity index (χ0) is 28.1. The molecule has 2 atom stereocenters. The van der Waals surface area contributed by atoms with Crippen molar-refractivity contribution in [1.29, 1.82) is 0 Å². The molecule has 2 aromatic carbocycles. The number of hydrogen-bond donors (Lipinski definition) is 5. The molecule has 0 radical (unpaired) electrons. The van der Waals surface area contributed by atoms with E-state index in [9.17, 15) is 29.4 Å². The number of nitrogens with one attached hydrogen (secondary N) is 2. The summed E-state index contributed by atoms with van der Waals surface area (Å²) in [5, 5.41) is 16.2. The first-order valence-corrected chi connectivity index (χ1v) is 14.0. The van der Waals surface area contributed by atoms with E-state index < -0.39 is 26.2 Å². The fourth-order valence-corrected chi connectivity index (χ4v) is 4.74. The molecule has 208 valence electrons. The van der Waals surface area contributed by atoms with Crippen molar-refractivity contribution in [3.05, 3.63) is 48.0 Å². The first kappa shape index (κ1) is 31.2. The minimum Gasteiger partial charge on any atom is -0.494 e. The molecule has 10 nitrogen and oxygen atoms in total. The van der Waals surface area contributed by atoms with Crippen LogP contribution in [0, 0.1) is 5.92 Å². The Morgan fingerprint density at radius 2 is 1.82 bits per heavy atom. The highest BCUT2D eigenvalue weighted by Crippen LogP contribution is 2.30. The zero-order valence-electron chi connectivity index (χ0n) is 22.1. The van der Waals surface area contributed by atoms with Gasteiger partial charge in [0.2, 0.25) is 12.3 Å². The van der Waals surface area contributed by atoms with Gasteiger partial charge in [-0.3, -0.25) is 19.6 Å². The molecular formula is C27H38N3O7P. The largest absolute Gasteiger partial charge is 0.494 e. The van der Waals surface area contributed by atoms with E-state index in [-0.39, 0.29) is 12.6 Å². The molecular weight excluding hydrogens is 509 g/mol. The number of amides is 3. The monoisotopic (exact) mass is 547 g/mol. The molecule has 0 aliphatic heterocycles. The Morgan fingerprint density at radius 1 is 1.05 bits per heavy atom. The van der Waals surface area contributed by atoms with Gasteiger partial charge in [0, 0.05) is 10.9 Å². The molecule has 0 bridgehead atoms. The van der Waals surface area contributed by atoms with Crippen LogP contribution in [0.25, 0.3) is 11.1 Å². The molecule has 2 aromatic rings. The van der Waals surface area contributed by atoms with Crippen LogP contribution < -0.4 is 20.7 Å². The third-order valence-corrected chi connectivity index (χ3v) is 6.91. The Kier molecular flexibility index (Phi) is 13.2. The lowest BCUT2D eigenvalue weighted by Gasteiger charge is -2.29. The standard InChI is InChI=1S/C27H38N3O7P/c1-4-7-8-12-24(25(5-2)30(34)18-31)27(33)29-17-28-26(32)20-11-9-10-19(13-20)21-14-22(37-6-3)16-23(15-21)38(35)36/h9-11,13-16,18,24-25,34-36H,4-8,12,17H2,1-3H3,(H,28,32)(H,29,33). The molecule has 5 N–H and O–H groups in total. The van der Waals surface area contributed by atoms with Gasteiger partial charge < -0.3 is 25.2 Å². The van der Waals surface area contributed by atoms with E-state index >= 15 is 0 Å². The van der Waals surface area contributed by atoms with E-state index in [2.05, 4.69) is 10.6 Å². The predicted molar refractivity (Wildman–Crippen MR) is 146 cm³/mol. The van der Waals surface area contributed by atoms with Crippen LogP contribution in [-0.4, -0.2) is 57.6 Å². The van der Waals surface area contributed by atoms with Crippen molar-refractivity contribution < 1.29 is 34.1 Å². The second-order valence-electron chi connectivity index (χ2n) is 8.81. The minimum atomic E-state index is -2.32. The van der Waals surface area contributed by atoms with Crippen LogP contribution in [0.1, 0.15) is 63.2 Å². The molecule has 2 rings (SSSR count). The lowest BCUT2D eigenvalue weighted by atomic mass is 9.90. The molecule has 3 amide bonds. The Balaban J connectivity index is 2.11. The Hall–Kier alpha value is -3.04. The Labute approximate surface area is 224 Å². The van der Waals surface area contributed by atoms with Crippen molar-refractivity contribution in [2.75, 3.05) is 13.3 Å². The van der Waals surface area contributed by atoms with E-state index in [0.29, 0.717) is 58.7 Å². The fraction of sp³-hybridized carbons (Fsp3) is 0.444. The SMILES string of the molecule is CCCCCC(C(=O)NCNC(=O)c1cccc(-c2cc(OCC)cc(P(O)O)c2)c1)C(CC)N(O)C=O. The predicted octanol–water partition coefficient (Wildman–Crippen LogP) is 3.30. The van der Waals surface area contributed by atoms with Crippen LogP contribution in [0.15, 0.2) is 42.5 Å². The van der Waals surface area contributed by atoms with Gasteiger partial charge in [-0.2, -0.15) is 0 Å². The topological polar surface area (TPSA) is 148 Å². The summed E-state index contributed by atoms with van der Waals surface area (Å²) in [7, 11) is -2.32. The van der Waals surface area contributed by atoms with Crippen LogP contribution in [0.5, 0.6) is 5.75 Å². The summed E-state index contributed by atoms with van der Waals surface area (Å²) < 4.78 is 5.54. The maximum Gasteiger partial charge on any atom is 0.252 e. The van der Waals surface area contributed by atoms with Crippen LogP contribution in [0.3, 0.4) is 0 Å². The summed E-state index contributed by atoms with van der Waals surface area (Å²) in [4.78, 5) is 56.3. The number of nitrogens with zero attached hydrogens (tertiary/aromatic N) is 1. The molecule has 0 saturated carbocycles. The van der Waals surface area contributed by atoms with Gasteiger partial charge in [0.15, 0.2) is 8.38 Å². The summed E-state index contributed by atoms with van der Waals surface area (Å²) >= 11 is 0. The molecule has 0 aliphatic rings. The summed E-state index contributed by atoms with van der Waals surface area (Å²) in [5.41, 5.74) is 1.69. The average molecular weight is 548 g/mol.